The topological polar surface area (TPSA) is 96.9 Å². The van der Waals surface area contributed by atoms with E-state index in [9.17, 15) is 14.7 Å². The predicted molar refractivity (Wildman–Crippen MR) is 97.6 cm³/mol. The molecule has 0 spiro atoms. The van der Waals surface area contributed by atoms with Crippen molar-refractivity contribution in [2.24, 2.45) is 0 Å². The van der Waals surface area contributed by atoms with Gasteiger partial charge in [-0.25, -0.2) is 0 Å². The molecule has 3 N–H and O–H groups in total. The van der Waals surface area contributed by atoms with Crippen LogP contribution in [-0.4, -0.2) is 37.7 Å². The molecule has 0 bridgehead atoms. The van der Waals surface area contributed by atoms with E-state index in [0.29, 0.717) is 28.3 Å². The minimum absolute atomic E-state index is 0.0265. The first-order valence-electron chi connectivity index (χ1n) is 8.00. The van der Waals surface area contributed by atoms with Gasteiger partial charge in [0.25, 0.3) is 5.91 Å². The molecular weight excluding hydrogens is 336 g/mol. The molecule has 2 amide bonds. The smallest absolute Gasteiger partial charge is 0.251 e. The van der Waals surface area contributed by atoms with Crippen molar-refractivity contribution < 1.29 is 24.2 Å². The molecule has 2 rings (SSSR count). The van der Waals surface area contributed by atoms with Gasteiger partial charge in [-0.3, -0.25) is 9.59 Å². The zero-order chi connectivity index (χ0) is 19.1. The quantitative estimate of drug-likeness (QED) is 0.704. The summed E-state index contributed by atoms with van der Waals surface area (Å²) < 4.78 is 10.4. The number of aliphatic hydroxyl groups excluding tert-OH is 1. The number of carbonyl (C=O) groups is 2. The van der Waals surface area contributed by atoms with Gasteiger partial charge in [0.2, 0.25) is 5.91 Å². The molecule has 26 heavy (non-hydrogen) atoms. The normalized spacial score (nSPS) is 11.4. The summed E-state index contributed by atoms with van der Waals surface area (Å²) in [6.07, 6.45) is -0.905. The van der Waals surface area contributed by atoms with E-state index < -0.39 is 6.10 Å². The maximum absolute atomic E-state index is 12.3. The number of hydrogen-bond donors (Lipinski definition) is 3. The molecule has 7 nitrogen and oxygen atoms in total. The van der Waals surface area contributed by atoms with Crippen LogP contribution in [0.4, 0.5) is 5.69 Å². The van der Waals surface area contributed by atoms with Crippen molar-refractivity contribution in [1.82, 2.24) is 5.32 Å². The SMILES string of the molecule is COc1ccc(C(O)CNC(=O)c2cccc(NC(C)=O)c2)cc1OC. The Morgan fingerprint density at radius 2 is 1.81 bits per heavy atom. The van der Waals surface area contributed by atoms with Gasteiger partial charge in [0.05, 0.1) is 20.3 Å². The second-order valence-electron chi connectivity index (χ2n) is 5.60. The zero-order valence-electron chi connectivity index (χ0n) is 14.9. The molecule has 7 heteroatoms. The average Bonchev–Trinajstić information content (AvgIpc) is 2.64. The molecular formula is C19H22N2O5. The molecule has 0 aliphatic heterocycles. The highest BCUT2D eigenvalue weighted by atomic mass is 16.5. The molecule has 0 saturated heterocycles. The second kappa shape index (κ2) is 8.87. The molecule has 0 radical (unpaired) electrons. The maximum atomic E-state index is 12.3. The number of benzene rings is 2. The monoisotopic (exact) mass is 358 g/mol. The number of amides is 2. The van der Waals surface area contributed by atoms with E-state index >= 15 is 0 Å². The van der Waals surface area contributed by atoms with Gasteiger partial charge in [-0.2, -0.15) is 0 Å². The first-order chi connectivity index (χ1) is 12.4. The van der Waals surface area contributed by atoms with Crippen molar-refractivity contribution in [1.29, 1.82) is 0 Å². The standard InChI is InChI=1S/C19H22N2O5/c1-12(22)21-15-6-4-5-14(9-15)19(24)20-11-16(23)13-7-8-17(25-2)18(10-13)26-3/h4-10,16,23H,11H2,1-3H3,(H,20,24)(H,21,22). The van der Waals surface area contributed by atoms with Gasteiger partial charge in [-0.05, 0) is 35.9 Å². The Labute approximate surface area is 151 Å². The maximum Gasteiger partial charge on any atom is 0.251 e. The number of methoxy groups -OCH3 is 2. The van der Waals surface area contributed by atoms with E-state index in [2.05, 4.69) is 10.6 Å². The summed E-state index contributed by atoms with van der Waals surface area (Å²) in [4.78, 5) is 23.4. The average molecular weight is 358 g/mol. The fourth-order valence-electron chi connectivity index (χ4n) is 2.41. The molecule has 138 valence electrons. The molecule has 0 heterocycles. The Kier molecular flexibility index (Phi) is 6.57. The van der Waals surface area contributed by atoms with E-state index in [1.54, 1.807) is 42.5 Å². The predicted octanol–water partition coefficient (Wildman–Crippen LogP) is 2.13. The summed E-state index contributed by atoms with van der Waals surface area (Å²) in [5, 5.41) is 15.6. The third-order valence-electron chi connectivity index (χ3n) is 3.69. The van der Waals surface area contributed by atoms with E-state index in [1.165, 1.54) is 21.1 Å². The number of ether oxygens (including phenoxy) is 2. The molecule has 2 aromatic rings. The first-order valence-corrected chi connectivity index (χ1v) is 8.00. The van der Waals surface area contributed by atoms with Gasteiger partial charge in [0.15, 0.2) is 11.5 Å². The molecule has 0 aliphatic carbocycles. The number of aliphatic hydroxyl groups is 1. The summed E-state index contributed by atoms with van der Waals surface area (Å²) in [6, 6.07) is 11.6. The van der Waals surface area contributed by atoms with Crippen LogP contribution in [0.15, 0.2) is 42.5 Å². The number of carbonyl (C=O) groups excluding carboxylic acids is 2. The van der Waals surface area contributed by atoms with Crippen molar-refractivity contribution in [3.63, 3.8) is 0 Å². The molecule has 0 saturated carbocycles. The van der Waals surface area contributed by atoms with Crippen LogP contribution < -0.4 is 20.1 Å². The molecule has 2 aromatic carbocycles. The zero-order valence-corrected chi connectivity index (χ0v) is 14.9. The van der Waals surface area contributed by atoms with Crippen LogP contribution in [0.1, 0.15) is 28.9 Å². The molecule has 0 fully saturated rings. The van der Waals surface area contributed by atoms with Crippen molar-refractivity contribution in [2.75, 3.05) is 26.1 Å². The summed E-state index contributed by atoms with van der Waals surface area (Å²) >= 11 is 0. The van der Waals surface area contributed by atoms with Gasteiger partial charge in [0, 0.05) is 24.7 Å². The Morgan fingerprint density at radius 3 is 2.46 bits per heavy atom. The van der Waals surface area contributed by atoms with Crippen LogP contribution in [-0.2, 0) is 4.79 Å². The lowest BCUT2D eigenvalue weighted by Crippen LogP contribution is -2.28. The lowest BCUT2D eigenvalue weighted by molar-refractivity contribution is -0.114. The lowest BCUT2D eigenvalue weighted by Gasteiger charge is -2.15. The number of nitrogens with one attached hydrogen (secondary N) is 2. The third-order valence-corrected chi connectivity index (χ3v) is 3.69. The van der Waals surface area contributed by atoms with Crippen molar-refractivity contribution in [3.8, 4) is 11.5 Å². The second-order valence-corrected chi connectivity index (χ2v) is 5.60. The minimum Gasteiger partial charge on any atom is -0.493 e. The number of rotatable bonds is 7. The van der Waals surface area contributed by atoms with Gasteiger partial charge in [-0.15, -0.1) is 0 Å². The highest BCUT2D eigenvalue weighted by Crippen LogP contribution is 2.29. The van der Waals surface area contributed by atoms with Gasteiger partial charge in [0.1, 0.15) is 0 Å². The van der Waals surface area contributed by atoms with Crippen molar-refractivity contribution in [2.45, 2.75) is 13.0 Å². The first kappa shape index (κ1) is 19.3. The van der Waals surface area contributed by atoms with Gasteiger partial charge < -0.3 is 25.2 Å². The molecule has 0 aliphatic rings. The fraction of sp³-hybridized carbons (Fsp3) is 0.263. The third kappa shape index (κ3) is 4.97. The highest BCUT2D eigenvalue weighted by Gasteiger charge is 2.14. The highest BCUT2D eigenvalue weighted by molar-refractivity contribution is 5.96. The Morgan fingerprint density at radius 1 is 1.08 bits per heavy atom. The summed E-state index contributed by atoms with van der Waals surface area (Å²) in [5.41, 5.74) is 1.51. The number of anilines is 1. The van der Waals surface area contributed by atoms with E-state index in [4.69, 9.17) is 9.47 Å². The van der Waals surface area contributed by atoms with Crippen LogP contribution in [0, 0.1) is 0 Å². The molecule has 1 unspecified atom stereocenters. The molecule has 1 atom stereocenters. The van der Waals surface area contributed by atoms with Gasteiger partial charge >= 0.3 is 0 Å². The van der Waals surface area contributed by atoms with Crippen molar-refractivity contribution >= 4 is 17.5 Å². The lowest BCUT2D eigenvalue weighted by atomic mass is 10.1. The van der Waals surface area contributed by atoms with Crippen LogP contribution in [0.25, 0.3) is 0 Å². The summed E-state index contributed by atoms with van der Waals surface area (Å²) in [5.74, 6) is 0.490. The van der Waals surface area contributed by atoms with Crippen LogP contribution in [0.3, 0.4) is 0 Å². The van der Waals surface area contributed by atoms with Crippen LogP contribution in [0.2, 0.25) is 0 Å². The largest absolute Gasteiger partial charge is 0.493 e. The molecule has 0 aromatic heterocycles. The van der Waals surface area contributed by atoms with Crippen molar-refractivity contribution in [3.05, 3.63) is 53.6 Å². The Balaban J connectivity index is 2.01. The van der Waals surface area contributed by atoms with E-state index in [-0.39, 0.29) is 18.4 Å². The Hall–Kier alpha value is -3.06. The van der Waals surface area contributed by atoms with Crippen LogP contribution in [0.5, 0.6) is 11.5 Å². The van der Waals surface area contributed by atoms with Crippen LogP contribution >= 0.6 is 0 Å². The van der Waals surface area contributed by atoms with Gasteiger partial charge in [-0.1, -0.05) is 12.1 Å². The fourth-order valence-corrected chi connectivity index (χ4v) is 2.41. The minimum atomic E-state index is -0.905. The summed E-state index contributed by atoms with van der Waals surface area (Å²) in [7, 11) is 3.04. The van der Waals surface area contributed by atoms with E-state index in [0.717, 1.165) is 0 Å². The Bertz CT molecular complexity index is 791. The summed E-state index contributed by atoms with van der Waals surface area (Å²) in [6.45, 7) is 1.42. The number of hydrogen-bond acceptors (Lipinski definition) is 5. The van der Waals surface area contributed by atoms with E-state index in [1.807, 2.05) is 0 Å².